The minimum absolute atomic E-state index is 0.0390. The van der Waals surface area contributed by atoms with E-state index in [-0.39, 0.29) is 18.7 Å². The summed E-state index contributed by atoms with van der Waals surface area (Å²) < 4.78 is 4.92. The second kappa shape index (κ2) is 9.04. The Morgan fingerprint density at radius 3 is 2.41 bits per heavy atom. The van der Waals surface area contributed by atoms with E-state index in [1.807, 2.05) is 0 Å². The average Bonchev–Trinajstić information content (AvgIpc) is 2.65. The van der Waals surface area contributed by atoms with Gasteiger partial charge in [0, 0.05) is 6.07 Å². The fraction of sp³-hybridized carbons (Fsp3) is 0.176. The van der Waals surface area contributed by atoms with Gasteiger partial charge in [0.25, 0.3) is 5.69 Å². The van der Waals surface area contributed by atoms with Gasteiger partial charge < -0.3 is 4.74 Å². The van der Waals surface area contributed by atoms with Crippen molar-refractivity contribution in [1.29, 1.82) is 0 Å². The van der Waals surface area contributed by atoms with E-state index in [2.05, 4.69) is 10.5 Å². The number of carbonyl (C=O) groups excluding carboxylic acids is 1. The van der Waals surface area contributed by atoms with Crippen molar-refractivity contribution < 1.29 is 19.4 Å². The molecule has 27 heavy (non-hydrogen) atoms. The van der Waals surface area contributed by atoms with Crippen molar-refractivity contribution in [3.63, 3.8) is 0 Å². The fourth-order valence-electron chi connectivity index (χ4n) is 2.19. The van der Waals surface area contributed by atoms with Gasteiger partial charge in [-0.1, -0.05) is 30.3 Å². The number of nitrogens with zero attached hydrogens (tertiary/aromatic N) is 3. The first kappa shape index (κ1) is 19.5. The number of ether oxygens (including phenoxy) is 1. The molecule has 0 aliphatic carbocycles. The smallest absolute Gasteiger partial charge is 0.311 e. The number of hydrazone groups is 1. The second-order valence-electron chi connectivity index (χ2n) is 5.23. The Bertz CT molecular complexity index is 882. The summed E-state index contributed by atoms with van der Waals surface area (Å²) in [5.74, 6) is -0.500. The highest BCUT2D eigenvalue weighted by molar-refractivity contribution is 6.09. The molecule has 140 valence electrons. The highest BCUT2D eigenvalue weighted by atomic mass is 16.6. The van der Waals surface area contributed by atoms with Crippen LogP contribution in [0.4, 0.5) is 17.1 Å². The van der Waals surface area contributed by atoms with Crippen molar-refractivity contribution in [3.8, 4) is 0 Å². The summed E-state index contributed by atoms with van der Waals surface area (Å²) in [6.45, 7) is 1.89. The third kappa shape index (κ3) is 5.33. The first-order valence-electron chi connectivity index (χ1n) is 7.88. The van der Waals surface area contributed by atoms with Crippen LogP contribution < -0.4 is 5.43 Å². The van der Waals surface area contributed by atoms with Crippen LogP contribution in [0.15, 0.2) is 53.6 Å². The predicted molar refractivity (Wildman–Crippen MR) is 97.6 cm³/mol. The molecule has 0 radical (unpaired) electrons. The summed E-state index contributed by atoms with van der Waals surface area (Å²) in [5.41, 5.74) is 2.50. The third-order valence-corrected chi connectivity index (χ3v) is 3.42. The standard InChI is InChI=1S/C17H16N4O6/c1-2-27-17(22)11-15(12-6-4-3-5-7-12)19-18-14-9-8-13(20(23)24)10-16(14)21(25)26/h3-10,18H,2,11H2,1H3. The van der Waals surface area contributed by atoms with Gasteiger partial charge in [-0.15, -0.1) is 0 Å². The molecule has 0 aliphatic rings. The number of hydrogen-bond acceptors (Lipinski definition) is 8. The van der Waals surface area contributed by atoms with Crippen LogP contribution >= 0.6 is 0 Å². The van der Waals surface area contributed by atoms with E-state index in [4.69, 9.17) is 4.74 Å². The fourth-order valence-corrected chi connectivity index (χ4v) is 2.19. The molecule has 0 aliphatic heterocycles. The van der Waals surface area contributed by atoms with Gasteiger partial charge in [-0.2, -0.15) is 5.10 Å². The van der Waals surface area contributed by atoms with Crippen LogP contribution in [-0.2, 0) is 9.53 Å². The lowest BCUT2D eigenvalue weighted by molar-refractivity contribution is -0.393. The molecule has 0 atom stereocenters. The topological polar surface area (TPSA) is 137 Å². The van der Waals surface area contributed by atoms with Gasteiger partial charge in [0.2, 0.25) is 0 Å². The van der Waals surface area contributed by atoms with Crippen LogP contribution in [0.2, 0.25) is 0 Å². The van der Waals surface area contributed by atoms with Crippen LogP contribution in [0.5, 0.6) is 0 Å². The molecule has 0 spiro atoms. The molecule has 0 amide bonds. The molecule has 0 unspecified atom stereocenters. The summed E-state index contributed by atoms with van der Waals surface area (Å²) >= 11 is 0. The molecule has 0 saturated heterocycles. The first-order chi connectivity index (χ1) is 12.9. The number of hydrogen-bond donors (Lipinski definition) is 1. The maximum Gasteiger partial charge on any atom is 0.311 e. The van der Waals surface area contributed by atoms with Crippen molar-refractivity contribution >= 4 is 28.7 Å². The summed E-state index contributed by atoms with van der Waals surface area (Å²) in [5, 5.41) is 26.1. The highest BCUT2D eigenvalue weighted by Gasteiger charge is 2.20. The van der Waals surface area contributed by atoms with Crippen LogP contribution in [-0.4, -0.2) is 28.1 Å². The van der Waals surface area contributed by atoms with Crippen LogP contribution in [0.25, 0.3) is 0 Å². The van der Waals surface area contributed by atoms with Crippen molar-refractivity contribution in [2.75, 3.05) is 12.0 Å². The van der Waals surface area contributed by atoms with E-state index in [0.717, 1.165) is 12.1 Å². The van der Waals surface area contributed by atoms with Crippen LogP contribution in [0.1, 0.15) is 18.9 Å². The van der Waals surface area contributed by atoms with E-state index in [1.54, 1.807) is 37.3 Å². The van der Waals surface area contributed by atoms with Gasteiger partial charge in [-0.3, -0.25) is 30.4 Å². The maximum atomic E-state index is 11.8. The molecule has 10 heteroatoms. The summed E-state index contributed by atoms with van der Waals surface area (Å²) in [6.07, 6.45) is -0.147. The van der Waals surface area contributed by atoms with Gasteiger partial charge in [0.05, 0.1) is 34.7 Å². The van der Waals surface area contributed by atoms with Crippen molar-refractivity contribution in [1.82, 2.24) is 0 Å². The van der Waals surface area contributed by atoms with E-state index >= 15 is 0 Å². The summed E-state index contributed by atoms with van der Waals surface area (Å²) in [6, 6.07) is 11.9. The van der Waals surface area contributed by atoms with Gasteiger partial charge >= 0.3 is 11.7 Å². The molecule has 0 fully saturated rings. The van der Waals surface area contributed by atoms with Gasteiger partial charge in [-0.25, -0.2) is 0 Å². The molecule has 1 N–H and O–H groups in total. The van der Waals surface area contributed by atoms with Crippen LogP contribution in [0, 0.1) is 20.2 Å². The monoisotopic (exact) mass is 372 g/mol. The number of anilines is 1. The number of nitro benzene ring substituents is 2. The minimum Gasteiger partial charge on any atom is -0.466 e. The molecular formula is C17H16N4O6. The van der Waals surface area contributed by atoms with E-state index in [9.17, 15) is 25.0 Å². The van der Waals surface area contributed by atoms with Crippen molar-refractivity contribution in [2.45, 2.75) is 13.3 Å². The normalized spacial score (nSPS) is 10.9. The van der Waals surface area contributed by atoms with Crippen molar-refractivity contribution in [2.24, 2.45) is 5.10 Å². The molecule has 0 bridgehead atoms. The van der Waals surface area contributed by atoms with Gasteiger partial charge in [0.1, 0.15) is 5.69 Å². The zero-order valence-corrected chi connectivity index (χ0v) is 14.3. The highest BCUT2D eigenvalue weighted by Crippen LogP contribution is 2.29. The van der Waals surface area contributed by atoms with Crippen molar-refractivity contribution in [3.05, 3.63) is 74.3 Å². The Kier molecular flexibility index (Phi) is 6.53. The second-order valence-corrected chi connectivity index (χ2v) is 5.23. The molecule has 2 rings (SSSR count). The van der Waals surface area contributed by atoms with E-state index < -0.39 is 27.2 Å². The SMILES string of the molecule is CCOC(=O)CC(=NNc1ccc([N+](=O)[O-])cc1[N+](=O)[O-])c1ccccc1. The number of esters is 1. The molecule has 0 aromatic heterocycles. The number of benzene rings is 2. The minimum atomic E-state index is -0.752. The summed E-state index contributed by atoms with van der Waals surface area (Å²) in [7, 11) is 0. The Labute approximate surface area is 153 Å². The Hall–Kier alpha value is -3.82. The maximum absolute atomic E-state index is 11.8. The zero-order chi connectivity index (χ0) is 19.8. The molecule has 10 nitrogen and oxygen atoms in total. The van der Waals surface area contributed by atoms with Gasteiger partial charge in [0.15, 0.2) is 0 Å². The lowest BCUT2D eigenvalue weighted by Crippen LogP contribution is -2.14. The third-order valence-electron chi connectivity index (χ3n) is 3.42. The van der Waals surface area contributed by atoms with E-state index in [0.29, 0.717) is 11.3 Å². The largest absolute Gasteiger partial charge is 0.466 e. The summed E-state index contributed by atoms with van der Waals surface area (Å²) in [4.78, 5) is 32.3. The predicted octanol–water partition coefficient (Wildman–Crippen LogP) is 3.27. The van der Waals surface area contributed by atoms with Gasteiger partial charge in [-0.05, 0) is 18.6 Å². The molecule has 0 heterocycles. The molecule has 2 aromatic carbocycles. The number of nitrogens with one attached hydrogen (secondary N) is 1. The quantitative estimate of drug-likeness (QED) is 0.325. The Morgan fingerprint density at radius 2 is 1.81 bits per heavy atom. The number of nitro groups is 2. The molecular weight excluding hydrogens is 356 g/mol. The number of carbonyl (C=O) groups is 1. The number of rotatable bonds is 8. The zero-order valence-electron chi connectivity index (χ0n) is 14.3. The average molecular weight is 372 g/mol. The first-order valence-corrected chi connectivity index (χ1v) is 7.88. The lowest BCUT2D eigenvalue weighted by Gasteiger charge is -2.08. The van der Waals surface area contributed by atoms with E-state index in [1.165, 1.54) is 6.07 Å². The molecule has 2 aromatic rings. The number of non-ortho nitro benzene ring substituents is 1. The molecule has 0 saturated carbocycles. The Morgan fingerprint density at radius 1 is 1.11 bits per heavy atom. The Balaban J connectivity index is 2.36. The lowest BCUT2D eigenvalue weighted by atomic mass is 10.1. The van der Waals surface area contributed by atoms with Crippen LogP contribution in [0.3, 0.4) is 0 Å².